The SMILES string of the molecule is COC[C@H]1C[C@@H](NC(=O)NCCCCO[C@@H]2O[C@H](CO)[C@H](O)[C@H](O)[C@H]2NC(C)=O)[C@@H](OC)C1O.[Y]. The minimum absolute atomic E-state index is 0. The number of aliphatic hydroxyl groups excluding tert-OH is 4. The van der Waals surface area contributed by atoms with E-state index in [0.717, 1.165) is 0 Å². The van der Waals surface area contributed by atoms with Crippen molar-refractivity contribution in [3.8, 4) is 0 Å². The van der Waals surface area contributed by atoms with Crippen molar-refractivity contribution in [3.63, 3.8) is 0 Å². The Morgan fingerprint density at radius 2 is 1.77 bits per heavy atom. The van der Waals surface area contributed by atoms with E-state index in [-0.39, 0.29) is 57.3 Å². The molecular weight excluding hydrogens is 543 g/mol. The van der Waals surface area contributed by atoms with Gasteiger partial charge in [-0.3, -0.25) is 4.79 Å². The van der Waals surface area contributed by atoms with E-state index >= 15 is 0 Å². The van der Waals surface area contributed by atoms with Crippen LogP contribution in [0.4, 0.5) is 4.79 Å². The van der Waals surface area contributed by atoms with Crippen molar-refractivity contribution in [2.75, 3.05) is 40.6 Å². The number of aliphatic hydroxyl groups is 4. The summed E-state index contributed by atoms with van der Waals surface area (Å²) in [6, 6.07) is -1.70. The van der Waals surface area contributed by atoms with Crippen LogP contribution >= 0.6 is 0 Å². The van der Waals surface area contributed by atoms with Gasteiger partial charge in [-0.05, 0) is 19.3 Å². The maximum absolute atomic E-state index is 12.2. The summed E-state index contributed by atoms with van der Waals surface area (Å²) in [5.41, 5.74) is 0. The van der Waals surface area contributed by atoms with E-state index in [2.05, 4.69) is 16.0 Å². The van der Waals surface area contributed by atoms with Crippen LogP contribution in [0.5, 0.6) is 0 Å². The van der Waals surface area contributed by atoms with E-state index in [0.29, 0.717) is 32.4 Å². The first-order chi connectivity index (χ1) is 16.2. The average molecular weight is 582 g/mol. The Labute approximate surface area is 230 Å². The third-order valence-corrected chi connectivity index (χ3v) is 6.13. The summed E-state index contributed by atoms with van der Waals surface area (Å²) in [6.45, 7) is 1.69. The minimum atomic E-state index is -1.37. The zero-order valence-corrected chi connectivity index (χ0v) is 23.3. The number of rotatable bonds is 12. The Bertz CT molecular complexity index is 648. The Morgan fingerprint density at radius 1 is 1.06 bits per heavy atom. The van der Waals surface area contributed by atoms with Crippen LogP contribution in [-0.4, -0.2) is 122 Å². The number of urea groups is 1. The van der Waals surface area contributed by atoms with E-state index in [4.69, 9.17) is 18.9 Å². The van der Waals surface area contributed by atoms with Crippen LogP contribution in [0, 0.1) is 5.92 Å². The van der Waals surface area contributed by atoms with E-state index in [1.54, 1.807) is 7.11 Å². The monoisotopic (exact) mass is 582 g/mol. The first-order valence-corrected chi connectivity index (χ1v) is 11.5. The molecule has 2 fully saturated rings. The normalized spacial score (nSPS) is 34.7. The molecule has 201 valence electrons. The molecule has 0 aromatic rings. The molecule has 0 spiro atoms. The first kappa shape index (κ1) is 32.6. The molecule has 35 heavy (non-hydrogen) atoms. The molecular formula is C21H39N3O10Y. The summed E-state index contributed by atoms with van der Waals surface area (Å²) in [5, 5.41) is 48.0. The van der Waals surface area contributed by atoms with Gasteiger partial charge in [0, 0.05) is 72.9 Å². The van der Waals surface area contributed by atoms with Crippen LogP contribution in [0.3, 0.4) is 0 Å². The molecule has 9 atom stereocenters. The second-order valence-corrected chi connectivity index (χ2v) is 8.66. The van der Waals surface area contributed by atoms with E-state index < -0.39 is 55.4 Å². The first-order valence-electron chi connectivity index (χ1n) is 11.5. The second kappa shape index (κ2) is 16.4. The van der Waals surface area contributed by atoms with Crippen LogP contribution in [0.1, 0.15) is 26.2 Å². The number of unbranched alkanes of at least 4 members (excludes halogenated alkanes) is 1. The summed E-state index contributed by atoms with van der Waals surface area (Å²) < 4.78 is 21.6. The fourth-order valence-electron chi connectivity index (χ4n) is 4.39. The quantitative estimate of drug-likeness (QED) is 0.121. The Balaban J connectivity index is 0.00000612. The van der Waals surface area contributed by atoms with Gasteiger partial charge in [0.1, 0.15) is 30.5 Å². The van der Waals surface area contributed by atoms with E-state index in [1.165, 1.54) is 14.0 Å². The summed E-state index contributed by atoms with van der Waals surface area (Å²) in [7, 11) is 3.05. The molecule has 1 aliphatic carbocycles. The summed E-state index contributed by atoms with van der Waals surface area (Å²) in [6.07, 6.45) is -4.39. The average Bonchev–Trinajstić information content (AvgIpc) is 3.08. The van der Waals surface area contributed by atoms with Crippen molar-refractivity contribution in [1.82, 2.24) is 16.0 Å². The number of hydrogen-bond acceptors (Lipinski definition) is 10. The van der Waals surface area contributed by atoms with Gasteiger partial charge < -0.3 is 55.3 Å². The second-order valence-electron chi connectivity index (χ2n) is 8.66. The van der Waals surface area contributed by atoms with Crippen LogP contribution in [0.2, 0.25) is 0 Å². The van der Waals surface area contributed by atoms with Gasteiger partial charge in [0.25, 0.3) is 0 Å². The van der Waals surface area contributed by atoms with Crippen molar-refractivity contribution < 1.29 is 81.7 Å². The number of amides is 3. The predicted octanol–water partition coefficient (Wildman–Crippen LogP) is -2.57. The largest absolute Gasteiger partial charge is 0.394 e. The molecule has 14 heteroatoms. The number of methoxy groups -OCH3 is 2. The molecule has 1 unspecified atom stereocenters. The zero-order chi connectivity index (χ0) is 25.3. The molecule has 13 nitrogen and oxygen atoms in total. The van der Waals surface area contributed by atoms with Gasteiger partial charge in [0.05, 0.1) is 25.4 Å². The molecule has 3 amide bonds. The molecule has 0 aromatic heterocycles. The molecule has 2 aliphatic rings. The molecule has 1 saturated carbocycles. The maximum Gasteiger partial charge on any atom is 0.315 e. The Morgan fingerprint density at radius 3 is 2.37 bits per heavy atom. The van der Waals surface area contributed by atoms with Crippen LogP contribution in [-0.2, 0) is 56.5 Å². The molecule has 1 radical (unpaired) electrons. The Hall–Kier alpha value is -0.476. The van der Waals surface area contributed by atoms with Crippen molar-refractivity contribution in [2.24, 2.45) is 5.92 Å². The van der Waals surface area contributed by atoms with Gasteiger partial charge >= 0.3 is 6.03 Å². The number of carbonyl (C=O) groups excluding carboxylic acids is 2. The number of nitrogens with one attached hydrogen (secondary N) is 3. The van der Waals surface area contributed by atoms with Gasteiger partial charge in [-0.1, -0.05) is 0 Å². The van der Waals surface area contributed by atoms with Crippen molar-refractivity contribution in [2.45, 2.75) is 75.1 Å². The summed E-state index contributed by atoms with van der Waals surface area (Å²) in [5.74, 6) is -0.545. The number of hydrogen-bond donors (Lipinski definition) is 7. The molecule has 1 aliphatic heterocycles. The predicted molar refractivity (Wildman–Crippen MR) is 118 cm³/mol. The van der Waals surface area contributed by atoms with E-state index in [1.807, 2.05) is 0 Å². The molecule has 7 N–H and O–H groups in total. The van der Waals surface area contributed by atoms with Crippen LogP contribution < -0.4 is 16.0 Å². The van der Waals surface area contributed by atoms with E-state index in [9.17, 15) is 30.0 Å². The van der Waals surface area contributed by atoms with Crippen molar-refractivity contribution in [3.05, 3.63) is 0 Å². The molecule has 1 heterocycles. The van der Waals surface area contributed by atoms with Gasteiger partial charge in [0.15, 0.2) is 6.29 Å². The minimum Gasteiger partial charge on any atom is -0.394 e. The maximum atomic E-state index is 12.2. The van der Waals surface area contributed by atoms with Gasteiger partial charge in [0.2, 0.25) is 5.91 Å². The zero-order valence-electron chi connectivity index (χ0n) is 20.5. The van der Waals surface area contributed by atoms with Gasteiger partial charge in [-0.25, -0.2) is 4.79 Å². The Kier molecular flexibility index (Phi) is 15.2. The smallest absolute Gasteiger partial charge is 0.315 e. The third-order valence-electron chi connectivity index (χ3n) is 6.13. The fraction of sp³-hybridized carbons (Fsp3) is 0.905. The van der Waals surface area contributed by atoms with Gasteiger partial charge in [-0.15, -0.1) is 0 Å². The number of carbonyl (C=O) groups is 2. The van der Waals surface area contributed by atoms with Gasteiger partial charge in [-0.2, -0.15) is 0 Å². The van der Waals surface area contributed by atoms with Crippen LogP contribution in [0.25, 0.3) is 0 Å². The summed E-state index contributed by atoms with van der Waals surface area (Å²) in [4.78, 5) is 23.7. The summed E-state index contributed by atoms with van der Waals surface area (Å²) >= 11 is 0. The molecule has 1 saturated heterocycles. The standard InChI is InChI=1S/C21H39N3O10.Y/c1-11(26)23-15-18(29)17(28)14(9-25)34-20(15)33-7-5-4-6-22-21(30)24-13-8-12(10-31-2)16(27)19(13)32-3;/h12-20,25,27-29H,4-10H2,1-3H3,(H,23,26)(H2,22,24,30);/t12-,13-,14-,15-,16?,17+,18-,19-,20-;/m1./s1. The van der Waals surface area contributed by atoms with Crippen molar-refractivity contribution in [1.29, 1.82) is 0 Å². The molecule has 0 aromatic carbocycles. The molecule has 0 bridgehead atoms. The van der Waals surface area contributed by atoms with Crippen molar-refractivity contribution >= 4 is 11.9 Å². The third kappa shape index (κ3) is 9.40. The number of ether oxygens (including phenoxy) is 4. The molecule has 2 rings (SSSR count). The van der Waals surface area contributed by atoms with Crippen LogP contribution in [0.15, 0.2) is 0 Å². The fourth-order valence-corrected chi connectivity index (χ4v) is 4.39. The topological polar surface area (TPSA) is 188 Å².